The van der Waals surface area contributed by atoms with Crippen molar-refractivity contribution in [3.05, 3.63) is 23.8 Å². The Morgan fingerprint density at radius 1 is 1.14 bits per heavy atom. The van der Waals surface area contributed by atoms with Gasteiger partial charge in [0.25, 0.3) is 0 Å². The summed E-state index contributed by atoms with van der Waals surface area (Å²) < 4.78 is 11.3. The van der Waals surface area contributed by atoms with E-state index < -0.39 is 5.97 Å². The second-order valence-corrected chi connectivity index (χ2v) is 5.17. The van der Waals surface area contributed by atoms with Crippen molar-refractivity contribution in [2.24, 2.45) is 0 Å². The van der Waals surface area contributed by atoms with Crippen molar-refractivity contribution < 1.29 is 24.2 Å². The maximum absolute atomic E-state index is 11.8. The highest BCUT2D eigenvalue weighted by Gasteiger charge is 2.14. The summed E-state index contributed by atoms with van der Waals surface area (Å²) in [7, 11) is 0. The van der Waals surface area contributed by atoms with E-state index in [4.69, 9.17) is 14.6 Å². The summed E-state index contributed by atoms with van der Waals surface area (Å²) in [6, 6.07) is 5.64. The van der Waals surface area contributed by atoms with E-state index in [-0.39, 0.29) is 12.3 Å². The van der Waals surface area contributed by atoms with Gasteiger partial charge in [-0.1, -0.05) is 12.1 Å². The number of carbonyl (C=O) groups excluding carboxylic acids is 1. The standard InChI is InChI=1S/C16H21NO5/c18-14(7-1-2-8-15(19)20)17-11-12-5-3-6-13-16(12)22-10-4-9-21-13/h3,5-6H,1-2,4,7-11H2,(H,17,18)(H,19,20). The van der Waals surface area contributed by atoms with E-state index in [2.05, 4.69) is 5.32 Å². The molecular formula is C16H21NO5. The molecule has 0 unspecified atom stereocenters. The van der Waals surface area contributed by atoms with Crippen molar-refractivity contribution in [3.63, 3.8) is 0 Å². The maximum Gasteiger partial charge on any atom is 0.303 e. The van der Waals surface area contributed by atoms with Gasteiger partial charge in [0.15, 0.2) is 11.5 Å². The fourth-order valence-electron chi connectivity index (χ4n) is 2.24. The molecule has 6 heteroatoms. The summed E-state index contributed by atoms with van der Waals surface area (Å²) in [5.74, 6) is 0.499. The van der Waals surface area contributed by atoms with Crippen LogP contribution in [-0.4, -0.2) is 30.2 Å². The predicted octanol–water partition coefficient (Wildman–Crippen LogP) is 2.11. The van der Waals surface area contributed by atoms with E-state index in [1.54, 1.807) is 0 Å². The van der Waals surface area contributed by atoms with Gasteiger partial charge < -0.3 is 19.9 Å². The summed E-state index contributed by atoms with van der Waals surface area (Å²) in [6.07, 6.45) is 2.36. The highest BCUT2D eigenvalue weighted by atomic mass is 16.5. The number of ether oxygens (including phenoxy) is 2. The lowest BCUT2D eigenvalue weighted by Gasteiger charge is -2.13. The average Bonchev–Trinajstić information content (AvgIpc) is 2.75. The van der Waals surface area contributed by atoms with Gasteiger partial charge in [0.2, 0.25) is 5.91 Å². The maximum atomic E-state index is 11.8. The van der Waals surface area contributed by atoms with Gasteiger partial charge in [0, 0.05) is 31.4 Å². The predicted molar refractivity (Wildman–Crippen MR) is 80.0 cm³/mol. The van der Waals surface area contributed by atoms with E-state index >= 15 is 0 Å². The van der Waals surface area contributed by atoms with Crippen molar-refractivity contribution in [2.45, 2.75) is 38.6 Å². The number of carbonyl (C=O) groups is 2. The third kappa shape index (κ3) is 4.95. The summed E-state index contributed by atoms with van der Waals surface area (Å²) in [6.45, 7) is 1.61. The molecule has 1 heterocycles. The topological polar surface area (TPSA) is 84.9 Å². The Bertz CT molecular complexity index is 529. The van der Waals surface area contributed by atoms with Crippen LogP contribution in [0.2, 0.25) is 0 Å². The van der Waals surface area contributed by atoms with Crippen LogP contribution in [0, 0.1) is 0 Å². The minimum atomic E-state index is -0.829. The van der Waals surface area contributed by atoms with E-state index in [1.807, 2.05) is 18.2 Å². The number of fused-ring (bicyclic) bond motifs is 1. The van der Waals surface area contributed by atoms with Gasteiger partial charge in [-0.15, -0.1) is 0 Å². The Morgan fingerprint density at radius 2 is 1.91 bits per heavy atom. The minimum Gasteiger partial charge on any atom is -0.490 e. The summed E-state index contributed by atoms with van der Waals surface area (Å²) in [4.78, 5) is 22.2. The van der Waals surface area contributed by atoms with Crippen molar-refractivity contribution >= 4 is 11.9 Å². The van der Waals surface area contributed by atoms with Gasteiger partial charge in [-0.25, -0.2) is 0 Å². The number of carboxylic acids is 1. The van der Waals surface area contributed by atoms with Gasteiger partial charge in [0.05, 0.1) is 13.2 Å². The first-order chi connectivity index (χ1) is 10.7. The number of unbranched alkanes of at least 4 members (excludes halogenated alkanes) is 1. The molecule has 0 aromatic heterocycles. The lowest BCUT2D eigenvalue weighted by molar-refractivity contribution is -0.137. The number of carboxylic acid groups (broad SMARTS) is 1. The number of hydrogen-bond acceptors (Lipinski definition) is 4. The Morgan fingerprint density at radius 3 is 2.73 bits per heavy atom. The van der Waals surface area contributed by atoms with E-state index in [0.717, 1.165) is 12.0 Å². The largest absolute Gasteiger partial charge is 0.490 e. The summed E-state index contributed by atoms with van der Waals surface area (Å²) >= 11 is 0. The van der Waals surface area contributed by atoms with E-state index in [1.165, 1.54) is 0 Å². The quantitative estimate of drug-likeness (QED) is 0.754. The first-order valence-corrected chi connectivity index (χ1v) is 7.53. The SMILES string of the molecule is O=C(O)CCCCC(=O)NCc1cccc2c1OCCCO2. The van der Waals surface area contributed by atoms with Crippen LogP contribution in [-0.2, 0) is 16.1 Å². The average molecular weight is 307 g/mol. The zero-order valence-corrected chi connectivity index (χ0v) is 12.5. The smallest absolute Gasteiger partial charge is 0.303 e. The summed E-state index contributed by atoms with van der Waals surface area (Å²) in [5, 5.41) is 11.4. The van der Waals surface area contributed by atoms with E-state index in [0.29, 0.717) is 50.5 Å². The number of para-hydroxylation sites is 1. The molecule has 1 aromatic rings. The molecule has 1 amide bonds. The molecule has 1 aliphatic heterocycles. The molecule has 2 N–H and O–H groups in total. The van der Waals surface area contributed by atoms with Crippen LogP contribution in [0.15, 0.2) is 18.2 Å². The third-order valence-corrected chi connectivity index (χ3v) is 3.37. The molecule has 0 bridgehead atoms. The zero-order valence-electron chi connectivity index (χ0n) is 12.5. The minimum absolute atomic E-state index is 0.0856. The van der Waals surface area contributed by atoms with Crippen LogP contribution in [0.1, 0.15) is 37.7 Å². The number of rotatable bonds is 7. The number of aliphatic carboxylic acids is 1. The molecule has 2 rings (SSSR count). The van der Waals surface area contributed by atoms with Crippen LogP contribution < -0.4 is 14.8 Å². The van der Waals surface area contributed by atoms with Crippen LogP contribution in [0.4, 0.5) is 0 Å². The van der Waals surface area contributed by atoms with Gasteiger partial charge >= 0.3 is 5.97 Å². The summed E-state index contributed by atoms with van der Waals surface area (Å²) in [5.41, 5.74) is 0.887. The molecule has 0 saturated carbocycles. The monoisotopic (exact) mass is 307 g/mol. The number of amides is 1. The molecule has 0 atom stereocenters. The normalized spacial score (nSPS) is 13.3. The molecule has 0 aliphatic carbocycles. The Hall–Kier alpha value is -2.24. The van der Waals surface area contributed by atoms with Crippen LogP contribution in [0.25, 0.3) is 0 Å². The highest BCUT2D eigenvalue weighted by molar-refractivity contribution is 5.76. The fraction of sp³-hybridized carbons (Fsp3) is 0.500. The van der Waals surface area contributed by atoms with Gasteiger partial charge in [-0.3, -0.25) is 9.59 Å². The number of nitrogens with one attached hydrogen (secondary N) is 1. The lowest BCUT2D eigenvalue weighted by Crippen LogP contribution is -2.22. The van der Waals surface area contributed by atoms with Crippen molar-refractivity contribution in [2.75, 3.05) is 13.2 Å². The zero-order chi connectivity index (χ0) is 15.8. The molecule has 0 saturated heterocycles. The Balaban J connectivity index is 1.81. The van der Waals surface area contributed by atoms with Gasteiger partial charge in [0.1, 0.15) is 0 Å². The van der Waals surface area contributed by atoms with Gasteiger partial charge in [-0.2, -0.15) is 0 Å². The molecule has 0 spiro atoms. The molecule has 6 nitrogen and oxygen atoms in total. The molecule has 22 heavy (non-hydrogen) atoms. The number of hydrogen-bond donors (Lipinski definition) is 2. The Labute approximate surface area is 129 Å². The third-order valence-electron chi connectivity index (χ3n) is 3.37. The second-order valence-electron chi connectivity index (χ2n) is 5.17. The highest BCUT2D eigenvalue weighted by Crippen LogP contribution is 2.33. The molecule has 1 aromatic carbocycles. The van der Waals surface area contributed by atoms with Crippen molar-refractivity contribution in [1.82, 2.24) is 5.32 Å². The Kier molecular flexibility index (Phi) is 6.06. The lowest BCUT2D eigenvalue weighted by atomic mass is 10.1. The molecule has 120 valence electrons. The van der Waals surface area contributed by atoms with Gasteiger partial charge in [-0.05, 0) is 18.9 Å². The molecule has 0 radical (unpaired) electrons. The molecular weight excluding hydrogens is 286 g/mol. The van der Waals surface area contributed by atoms with Crippen LogP contribution in [0.5, 0.6) is 11.5 Å². The van der Waals surface area contributed by atoms with Crippen molar-refractivity contribution in [1.29, 1.82) is 0 Å². The van der Waals surface area contributed by atoms with Crippen molar-refractivity contribution in [3.8, 4) is 11.5 Å². The first kappa shape index (κ1) is 16.1. The fourth-order valence-corrected chi connectivity index (χ4v) is 2.24. The van der Waals surface area contributed by atoms with E-state index in [9.17, 15) is 9.59 Å². The van der Waals surface area contributed by atoms with Crippen LogP contribution >= 0.6 is 0 Å². The first-order valence-electron chi connectivity index (χ1n) is 7.53. The van der Waals surface area contributed by atoms with Crippen LogP contribution in [0.3, 0.4) is 0 Å². The molecule has 0 fully saturated rings. The number of benzene rings is 1. The molecule has 1 aliphatic rings. The second kappa shape index (κ2) is 8.26.